The lowest BCUT2D eigenvalue weighted by Crippen LogP contribution is -2.15. The van der Waals surface area contributed by atoms with Crippen molar-refractivity contribution in [2.45, 2.75) is 45.1 Å². The largest absolute Gasteiger partial charge is 0.411 e. The van der Waals surface area contributed by atoms with Gasteiger partial charge in [0.1, 0.15) is 0 Å². The summed E-state index contributed by atoms with van der Waals surface area (Å²) in [6.45, 7) is 8.87. The SMILES string of the molecule is CC(=O)c1c(C)[nH]c(C(=O)[C@@H](C)Sc2nnc(-c3ccc(C)cc3)o2)c1C. The molecule has 140 valence electrons. The predicted molar refractivity (Wildman–Crippen MR) is 104 cm³/mol. The van der Waals surface area contributed by atoms with E-state index >= 15 is 0 Å². The number of ketones is 2. The Kier molecular flexibility index (Phi) is 5.32. The van der Waals surface area contributed by atoms with Gasteiger partial charge in [0.2, 0.25) is 5.89 Å². The number of benzene rings is 1. The molecule has 3 rings (SSSR count). The second-order valence-electron chi connectivity index (χ2n) is 6.54. The standard InChI is InChI=1S/C20H21N3O3S/c1-10-6-8-15(9-7-10)19-22-23-20(26-19)27-14(5)18(25)17-11(2)16(13(4)24)12(3)21-17/h6-9,14,21H,1-5H3/t14-/m1/s1. The average Bonchev–Trinajstić information content (AvgIpc) is 3.19. The highest BCUT2D eigenvalue weighted by Gasteiger charge is 2.25. The number of hydrogen-bond acceptors (Lipinski definition) is 6. The van der Waals surface area contributed by atoms with E-state index in [0.717, 1.165) is 11.1 Å². The molecule has 2 aromatic heterocycles. The maximum Gasteiger partial charge on any atom is 0.277 e. The summed E-state index contributed by atoms with van der Waals surface area (Å²) in [5.41, 5.74) is 4.41. The first kappa shape index (κ1) is 19.1. The van der Waals surface area contributed by atoms with Crippen LogP contribution in [0.15, 0.2) is 33.9 Å². The molecule has 7 heteroatoms. The molecule has 2 heterocycles. The number of carbonyl (C=O) groups excluding carboxylic acids is 2. The highest BCUT2D eigenvalue weighted by atomic mass is 32.2. The van der Waals surface area contributed by atoms with E-state index in [1.54, 1.807) is 20.8 Å². The molecule has 1 atom stereocenters. The lowest BCUT2D eigenvalue weighted by atomic mass is 10.0. The number of aryl methyl sites for hydroxylation is 2. The average molecular weight is 383 g/mol. The smallest absolute Gasteiger partial charge is 0.277 e. The van der Waals surface area contributed by atoms with Crippen molar-refractivity contribution in [3.05, 3.63) is 52.3 Å². The molecule has 6 nitrogen and oxygen atoms in total. The van der Waals surface area contributed by atoms with E-state index < -0.39 is 5.25 Å². The number of carbonyl (C=O) groups is 2. The van der Waals surface area contributed by atoms with Gasteiger partial charge in [-0.2, -0.15) is 0 Å². The molecule has 0 saturated carbocycles. The number of aromatic amines is 1. The quantitative estimate of drug-likeness (QED) is 0.496. The predicted octanol–water partition coefficient (Wildman–Crippen LogP) is 4.56. The van der Waals surface area contributed by atoms with Crippen molar-refractivity contribution in [3.8, 4) is 11.5 Å². The van der Waals surface area contributed by atoms with Gasteiger partial charge in [-0.15, -0.1) is 10.2 Å². The third-order valence-electron chi connectivity index (χ3n) is 4.39. The number of rotatable bonds is 6. The third kappa shape index (κ3) is 3.88. The highest BCUT2D eigenvalue weighted by Crippen LogP contribution is 2.29. The molecule has 27 heavy (non-hydrogen) atoms. The lowest BCUT2D eigenvalue weighted by molar-refractivity contribution is 0.0988. The van der Waals surface area contributed by atoms with Crippen LogP contribution in [-0.4, -0.2) is 32.0 Å². The first-order valence-corrected chi connectivity index (χ1v) is 9.47. The van der Waals surface area contributed by atoms with Crippen LogP contribution in [0.5, 0.6) is 0 Å². The summed E-state index contributed by atoms with van der Waals surface area (Å²) in [5, 5.41) is 7.99. The van der Waals surface area contributed by atoms with Gasteiger partial charge in [0.25, 0.3) is 5.22 Å². The Balaban J connectivity index is 1.77. The molecule has 1 N–H and O–H groups in total. The van der Waals surface area contributed by atoms with Crippen LogP contribution in [0.3, 0.4) is 0 Å². The van der Waals surface area contributed by atoms with Crippen LogP contribution in [0.25, 0.3) is 11.5 Å². The van der Waals surface area contributed by atoms with Gasteiger partial charge in [-0.1, -0.05) is 29.5 Å². The minimum atomic E-state index is -0.437. The van der Waals surface area contributed by atoms with Crippen LogP contribution in [0.4, 0.5) is 0 Å². The maximum absolute atomic E-state index is 12.8. The van der Waals surface area contributed by atoms with Gasteiger partial charge in [-0.25, -0.2) is 0 Å². The zero-order chi connectivity index (χ0) is 19.7. The van der Waals surface area contributed by atoms with Crippen molar-refractivity contribution in [3.63, 3.8) is 0 Å². The number of Topliss-reactive ketones (excluding diaryl/α,β-unsaturated/α-hetero) is 2. The number of hydrogen-bond donors (Lipinski definition) is 1. The summed E-state index contributed by atoms with van der Waals surface area (Å²) in [4.78, 5) is 27.6. The fraction of sp³-hybridized carbons (Fsp3) is 0.300. The summed E-state index contributed by atoms with van der Waals surface area (Å²) in [6, 6.07) is 7.78. The molecule has 0 spiro atoms. The Morgan fingerprint density at radius 1 is 1.11 bits per heavy atom. The molecule has 0 saturated heterocycles. The minimum Gasteiger partial charge on any atom is -0.411 e. The topological polar surface area (TPSA) is 88.9 Å². The van der Waals surface area contributed by atoms with Crippen molar-refractivity contribution >= 4 is 23.3 Å². The van der Waals surface area contributed by atoms with Gasteiger partial charge >= 0.3 is 0 Å². The molecule has 0 fully saturated rings. The fourth-order valence-corrected chi connectivity index (χ4v) is 3.75. The Morgan fingerprint density at radius 2 is 1.78 bits per heavy atom. The number of H-pyrrole nitrogens is 1. The monoisotopic (exact) mass is 383 g/mol. The lowest BCUT2D eigenvalue weighted by Gasteiger charge is -2.07. The maximum atomic E-state index is 12.8. The van der Waals surface area contributed by atoms with E-state index in [1.165, 1.54) is 18.7 Å². The number of nitrogens with one attached hydrogen (secondary N) is 1. The third-order valence-corrected chi connectivity index (χ3v) is 5.32. The molecular weight excluding hydrogens is 362 g/mol. The zero-order valence-corrected chi connectivity index (χ0v) is 16.7. The van der Waals surface area contributed by atoms with Gasteiger partial charge in [-0.05, 0) is 52.3 Å². The van der Waals surface area contributed by atoms with Crippen molar-refractivity contribution in [1.82, 2.24) is 15.2 Å². The van der Waals surface area contributed by atoms with E-state index in [4.69, 9.17) is 4.42 Å². The Hall–Kier alpha value is -2.67. The summed E-state index contributed by atoms with van der Waals surface area (Å²) < 4.78 is 5.69. The van der Waals surface area contributed by atoms with E-state index in [2.05, 4.69) is 15.2 Å². The van der Waals surface area contributed by atoms with Gasteiger partial charge < -0.3 is 9.40 Å². The molecule has 0 radical (unpaired) electrons. The first-order chi connectivity index (χ1) is 12.8. The molecule has 1 aromatic carbocycles. The van der Waals surface area contributed by atoms with Crippen LogP contribution in [0.1, 0.15) is 51.5 Å². The van der Waals surface area contributed by atoms with Gasteiger partial charge in [0.15, 0.2) is 11.6 Å². The molecule has 0 amide bonds. The zero-order valence-electron chi connectivity index (χ0n) is 15.9. The Labute approximate surface area is 161 Å². The molecule has 0 aliphatic rings. The van der Waals surface area contributed by atoms with Crippen molar-refractivity contribution in [1.29, 1.82) is 0 Å². The number of thioether (sulfide) groups is 1. The normalized spacial score (nSPS) is 12.2. The summed E-state index contributed by atoms with van der Waals surface area (Å²) >= 11 is 1.20. The molecule has 0 aliphatic heterocycles. The molecule has 0 aliphatic carbocycles. The van der Waals surface area contributed by atoms with Gasteiger partial charge in [-0.3, -0.25) is 9.59 Å². The second-order valence-corrected chi connectivity index (χ2v) is 7.84. The molecule has 3 aromatic rings. The minimum absolute atomic E-state index is 0.0553. The van der Waals surface area contributed by atoms with Crippen LogP contribution < -0.4 is 0 Å². The summed E-state index contributed by atoms with van der Waals surface area (Å²) in [5.74, 6) is 0.256. The Morgan fingerprint density at radius 3 is 2.37 bits per heavy atom. The van der Waals surface area contributed by atoms with Gasteiger partial charge in [0.05, 0.1) is 10.9 Å². The van der Waals surface area contributed by atoms with Crippen LogP contribution in [-0.2, 0) is 0 Å². The van der Waals surface area contributed by atoms with Crippen LogP contribution >= 0.6 is 11.8 Å². The molecule has 0 bridgehead atoms. The van der Waals surface area contributed by atoms with E-state index in [9.17, 15) is 9.59 Å². The fourth-order valence-electron chi connectivity index (χ4n) is 3.00. The summed E-state index contributed by atoms with van der Waals surface area (Å²) in [6.07, 6.45) is 0. The van der Waals surface area contributed by atoms with Crippen molar-refractivity contribution in [2.75, 3.05) is 0 Å². The number of aromatic nitrogens is 3. The second kappa shape index (κ2) is 7.52. The molecular formula is C20H21N3O3S. The van der Waals surface area contributed by atoms with Crippen molar-refractivity contribution in [2.24, 2.45) is 0 Å². The molecule has 0 unspecified atom stereocenters. The summed E-state index contributed by atoms with van der Waals surface area (Å²) in [7, 11) is 0. The van der Waals surface area contributed by atoms with Gasteiger partial charge in [0, 0.05) is 16.8 Å². The van der Waals surface area contributed by atoms with E-state index in [0.29, 0.717) is 33.6 Å². The van der Waals surface area contributed by atoms with Crippen molar-refractivity contribution < 1.29 is 14.0 Å². The van der Waals surface area contributed by atoms with Crippen LogP contribution in [0.2, 0.25) is 0 Å². The van der Waals surface area contributed by atoms with E-state index in [1.807, 2.05) is 31.2 Å². The van der Waals surface area contributed by atoms with Crippen LogP contribution in [0, 0.1) is 20.8 Å². The Bertz CT molecular complexity index is 1000. The number of nitrogens with zero attached hydrogens (tertiary/aromatic N) is 2. The highest BCUT2D eigenvalue weighted by molar-refractivity contribution is 8.00. The van der Waals surface area contributed by atoms with E-state index in [-0.39, 0.29) is 11.6 Å². The first-order valence-electron chi connectivity index (χ1n) is 8.59.